The predicted octanol–water partition coefficient (Wildman–Crippen LogP) is 3.86. The highest BCUT2D eigenvalue weighted by atomic mass is 35.5. The van der Waals surface area contributed by atoms with Crippen molar-refractivity contribution in [2.75, 3.05) is 6.54 Å². The molecule has 1 saturated carbocycles. The maximum Gasteiger partial charge on any atom is 0.389 e. The number of hydrogen-bond donors (Lipinski definition) is 1. The van der Waals surface area contributed by atoms with E-state index in [9.17, 15) is 26.4 Å². The third-order valence-electron chi connectivity index (χ3n) is 5.26. The van der Waals surface area contributed by atoms with E-state index in [1.54, 1.807) is 0 Å². The van der Waals surface area contributed by atoms with E-state index in [1.165, 1.54) is 24.3 Å². The molecule has 2 rings (SSSR count). The standard InChI is InChI=1S/C19H23ClF3N3O3S/c20-15-5-7-16(8-6-15)30(28,29)26(12-14-3-1-13(11-24)2-4-14)17(18(25)27)9-10-19(21,22)23/h5-8,13-14,17H,1-4,9-10,12H2,(H2,25,27)/t13?,14?,17-/m1/s1. The van der Waals surface area contributed by atoms with Crippen molar-refractivity contribution < 1.29 is 26.4 Å². The Balaban J connectivity index is 2.36. The van der Waals surface area contributed by atoms with Crippen molar-refractivity contribution in [2.45, 2.75) is 55.6 Å². The number of amides is 1. The number of nitrogens with zero attached hydrogens (tertiary/aromatic N) is 2. The van der Waals surface area contributed by atoms with Crippen LogP contribution >= 0.6 is 11.6 Å². The number of hydrogen-bond acceptors (Lipinski definition) is 4. The summed E-state index contributed by atoms with van der Waals surface area (Å²) in [5, 5.41) is 9.32. The van der Waals surface area contributed by atoms with Crippen molar-refractivity contribution >= 4 is 27.5 Å². The lowest BCUT2D eigenvalue weighted by molar-refractivity contribution is -0.140. The van der Waals surface area contributed by atoms with Crippen LogP contribution in [0.25, 0.3) is 0 Å². The number of benzene rings is 1. The minimum Gasteiger partial charge on any atom is -0.368 e. The van der Waals surface area contributed by atoms with Crippen molar-refractivity contribution in [3.63, 3.8) is 0 Å². The third-order valence-corrected chi connectivity index (χ3v) is 7.41. The molecule has 30 heavy (non-hydrogen) atoms. The summed E-state index contributed by atoms with van der Waals surface area (Å²) in [7, 11) is -4.31. The van der Waals surface area contributed by atoms with Gasteiger partial charge in [0, 0.05) is 23.9 Å². The van der Waals surface area contributed by atoms with Crippen LogP contribution in [-0.4, -0.2) is 37.4 Å². The molecule has 1 fully saturated rings. The molecule has 0 bridgehead atoms. The number of carbonyl (C=O) groups excluding carboxylic acids is 1. The Hall–Kier alpha value is -1.83. The van der Waals surface area contributed by atoms with Crippen molar-refractivity contribution in [2.24, 2.45) is 17.6 Å². The quantitative estimate of drug-likeness (QED) is 0.629. The molecular weight excluding hydrogens is 443 g/mol. The van der Waals surface area contributed by atoms with E-state index >= 15 is 0 Å². The van der Waals surface area contributed by atoms with Gasteiger partial charge >= 0.3 is 6.18 Å². The molecule has 0 saturated heterocycles. The first kappa shape index (κ1) is 24.4. The second kappa shape index (κ2) is 9.98. The monoisotopic (exact) mass is 465 g/mol. The lowest BCUT2D eigenvalue weighted by Gasteiger charge is -2.34. The summed E-state index contributed by atoms with van der Waals surface area (Å²) in [5.74, 6) is -1.45. The van der Waals surface area contributed by atoms with Crippen LogP contribution in [0.1, 0.15) is 38.5 Å². The second-order valence-electron chi connectivity index (χ2n) is 7.45. The first-order chi connectivity index (χ1) is 13.9. The largest absolute Gasteiger partial charge is 0.389 e. The fourth-order valence-corrected chi connectivity index (χ4v) is 5.42. The number of primary amides is 1. The summed E-state index contributed by atoms with van der Waals surface area (Å²) in [6.07, 6.45) is -4.45. The molecule has 1 aromatic carbocycles. The maximum atomic E-state index is 13.2. The number of nitriles is 1. The van der Waals surface area contributed by atoms with E-state index in [0.29, 0.717) is 30.7 Å². The molecule has 1 aromatic rings. The van der Waals surface area contributed by atoms with Gasteiger partial charge in [0.05, 0.1) is 11.0 Å². The van der Waals surface area contributed by atoms with E-state index < -0.39 is 41.0 Å². The van der Waals surface area contributed by atoms with Gasteiger partial charge in [0.1, 0.15) is 6.04 Å². The number of rotatable bonds is 8. The Labute approximate surface area is 178 Å². The molecule has 0 radical (unpaired) electrons. The fraction of sp³-hybridized carbons (Fsp3) is 0.579. The number of sulfonamides is 1. The molecule has 0 aliphatic heterocycles. The Morgan fingerprint density at radius 3 is 2.27 bits per heavy atom. The lowest BCUT2D eigenvalue weighted by Crippen LogP contribution is -2.50. The van der Waals surface area contributed by atoms with Crippen LogP contribution in [0.5, 0.6) is 0 Å². The molecule has 0 aromatic heterocycles. The number of nitrogens with two attached hydrogens (primary N) is 1. The van der Waals surface area contributed by atoms with Crippen molar-refractivity contribution in [3.8, 4) is 6.07 Å². The highest BCUT2D eigenvalue weighted by Crippen LogP contribution is 2.33. The van der Waals surface area contributed by atoms with Gasteiger partial charge in [0.2, 0.25) is 15.9 Å². The van der Waals surface area contributed by atoms with Crippen LogP contribution < -0.4 is 5.73 Å². The molecule has 6 nitrogen and oxygen atoms in total. The highest BCUT2D eigenvalue weighted by molar-refractivity contribution is 7.89. The van der Waals surface area contributed by atoms with Gasteiger partial charge < -0.3 is 5.73 Å². The van der Waals surface area contributed by atoms with E-state index in [-0.39, 0.29) is 23.3 Å². The summed E-state index contributed by atoms with van der Waals surface area (Å²) in [4.78, 5) is 11.8. The number of carbonyl (C=O) groups is 1. The van der Waals surface area contributed by atoms with Crippen LogP contribution in [-0.2, 0) is 14.8 Å². The Morgan fingerprint density at radius 1 is 1.23 bits per heavy atom. The van der Waals surface area contributed by atoms with Crippen molar-refractivity contribution in [3.05, 3.63) is 29.3 Å². The first-order valence-electron chi connectivity index (χ1n) is 9.47. The second-order valence-corrected chi connectivity index (χ2v) is 9.77. The van der Waals surface area contributed by atoms with E-state index in [0.717, 1.165) is 4.31 Å². The molecule has 1 atom stereocenters. The highest BCUT2D eigenvalue weighted by Gasteiger charge is 2.39. The number of halogens is 4. The molecule has 1 aliphatic carbocycles. The molecule has 2 N–H and O–H groups in total. The molecule has 166 valence electrons. The van der Waals surface area contributed by atoms with Gasteiger partial charge in [0.15, 0.2) is 0 Å². The van der Waals surface area contributed by atoms with E-state index in [1.807, 2.05) is 0 Å². The minimum absolute atomic E-state index is 0.125. The van der Waals surface area contributed by atoms with Crippen LogP contribution in [0.15, 0.2) is 29.2 Å². The van der Waals surface area contributed by atoms with Gasteiger partial charge in [-0.25, -0.2) is 8.42 Å². The minimum atomic E-state index is -4.56. The summed E-state index contributed by atoms with van der Waals surface area (Å²) in [6, 6.07) is 5.70. The van der Waals surface area contributed by atoms with Crippen LogP contribution in [0, 0.1) is 23.2 Å². The van der Waals surface area contributed by atoms with Crippen LogP contribution in [0.4, 0.5) is 13.2 Å². The van der Waals surface area contributed by atoms with Gasteiger partial charge in [-0.2, -0.15) is 22.7 Å². The van der Waals surface area contributed by atoms with Crippen molar-refractivity contribution in [1.82, 2.24) is 4.31 Å². The summed E-state index contributed by atoms with van der Waals surface area (Å²) in [6.45, 7) is -0.144. The zero-order valence-electron chi connectivity index (χ0n) is 16.1. The molecule has 1 aliphatic rings. The van der Waals surface area contributed by atoms with Gasteiger partial charge in [-0.05, 0) is 62.3 Å². The maximum absolute atomic E-state index is 13.2. The Bertz CT molecular complexity index is 877. The van der Waals surface area contributed by atoms with Crippen molar-refractivity contribution in [1.29, 1.82) is 5.26 Å². The zero-order chi connectivity index (χ0) is 22.5. The predicted molar refractivity (Wildman–Crippen MR) is 105 cm³/mol. The summed E-state index contributed by atoms with van der Waals surface area (Å²) in [5.41, 5.74) is 5.34. The normalized spacial score (nSPS) is 21.2. The molecular formula is C19H23ClF3N3O3S. The Kier molecular flexibility index (Phi) is 8.13. The molecule has 0 spiro atoms. The average Bonchev–Trinajstić information content (AvgIpc) is 2.67. The smallest absolute Gasteiger partial charge is 0.368 e. The van der Waals surface area contributed by atoms with Crippen LogP contribution in [0.2, 0.25) is 5.02 Å². The van der Waals surface area contributed by atoms with Crippen LogP contribution in [0.3, 0.4) is 0 Å². The Morgan fingerprint density at radius 2 is 1.80 bits per heavy atom. The van der Waals surface area contributed by atoms with Gasteiger partial charge in [-0.1, -0.05) is 11.6 Å². The number of alkyl halides is 3. The first-order valence-corrected chi connectivity index (χ1v) is 11.3. The zero-order valence-corrected chi connectivity index (χ0v) is 17.7. The van der Waals surface area contributed by atoms with Gasteiger partial charge in [0.25, 0.3) is 0 Å². The molecule has 11 heteroatoms. The lowest BCUT2D eigenvalue weighted by atomic mass is 9.82. The fourth-order valence-electron chi connectivity index (χ4n) is 3.59. The third kappa shape index (κ3) is 6.59. The topological polar surface area (TPSA) is 104 Å². The van der Waals surface area contributed by atoms with Gasteiger partial charge in [-0.15, -0.1) is 0 Å². The molecule has 1 amide bonds. The summed E-state index contributed by atoms with van der Waals surface area (Å²) < 4.78 is 65.6. The van der Waals surface area contributed by atoms with E-state index in [2.05, 4.69) is 6.07 Å². The average molecular weight is 466 g/mol. The molecule has 0 unspecified atom stereocenters. The SMILES string of the molecule is N#CC1CCC(CN([C@H](CCC(F)(F)F)C(N)=O)S(=O)(=O)c2ccc(Cl)cc2)CC1. The van der Waals surface area contributed by atoms with E-state index in [4.69, 9.17) is 22.6 Å². The molecule has 0 heterocycles. The van der Waals surface area contributed by atoms with Gasteiger partial charge in [-0.3, -0.25) is 4.79 Å². The summed E-state index contributed by atoms with van der Waals surface area (Å²) >= 11 is 5.80.